The predicted octanol–water partition coefficient (Wildman–Crippen LogP) is -1.37. The zero-order valence-corrected chi connectivity index (χ0v) is 9.49. The zero-order chi connectivity index (χ0) is 8.91. The molecule has 0 saturated carbocycles. The SMILES string of the molecule is C=CC(=O)OCC[P+](C)(C)C.[Cl-]. The fourth-order valence-electron chi connectivity index (χ4n) is 0.479. The van der Waals surface area contributed by atoms with Gasteiger partial charge in [0, 0.05) is 33.3 Å². The summed E-state index contributed by atoms with van der Waals surface area (Å²) in [6, 6.07) is 0. The van der Waals surface area contributed by atoms with Crippen molar-refractivity contribution in [1.29, 1.82) is 0 Å². The molecule has 0 unspecified atom stereocenters. The number of esters is 1. The summed E-state index contributed by atoms with van der Waals surface area (Å²) >= 11 is 0. The quantitative estimate of drug-likeness (QED) is 0.325. The lowest BCUT2D eigenvalue weighted by molar-refractivity contribution is -0.137. The fraction of sp³-hybridized carbons (Fsp3) is 0.625. The fourth-order valence-corrected chi connectivity index (χ4v) is 1.12. The van der Waals surface area contributed by atoms with Crippen molar-refractivity contribution in [2.75, 3.05) is 32.8 Å². The van der Waals surface area contributed by atoms with Crippen molar-refractivity contribution in [2.24, 2.45) is 0 Å². The van der Waals surface area contributed by atoms with E-state index < -0.39 is 7.26 Å². The summed E-state index contributed by atoms with van der Waals surface area (Å²) in [4.78, 5) is 10.6. The molecule has 0 amide bonds. The van der Waals surface area contributed by atoms with Crippen LogP contribution in [0.2, 0.25) is 0 Å². The molecule has 0 spiro atoms. The lowest BCUT2D eigenvalue weighted by atomic mass is 10.6. The molecule has 72 valence electrons. The maximum atomic E-state index is 10.6. The van der Waals surface area contributed by atoms with Gasteiger partial charge in [-0.15, -0.1) is 0 Å². The van der Waals surface area contributed by atoms with Crippen molar-refractivity contribution in [2.45, 2.75) is 0 Å². The van der Waals surface area contributed by atoms with E-state index in [1.165, 1.54) is 6.08 Å². The van der Waals surface area contributed by atoms with Gasteiger partial charge >= 0.3 is 5.97 Å². The number of rotatable bonds is 4. The van der Waals surface area contributed by atoms with Crippen LogP contribution < -0.4 is 12.4 Å². The number of hydrogen-bond donors (Lipinski definition) is 0. The molecule has 0 atom stereocenters. The van der Waals surface area contributed by atoms with E-state index in [1.54, 1.807) is 0 Å². The van der Waals surface area contributed by atoms with Gasteiger partial charge in [0.25, 0.3) is 0 Å². The van der Waals surface area contributed by atoms with E-state index in [0.29, 0.717) is 6.61 Å². The van der Waals surface area contributed by atoms with Gasteiger partial charge in [0.1, 0.15) is 6.61 Å². The molecule has 0 saturated heterocycles. The van der Waals surface area contributed by atoms with Crippen molar-refractivity contribution in [3.05, 3.63) is 12.7 Å². The Kier molecular flexibility index (Phi) is 7.76. The second-order valence-corrected chi connectivity index (χ2v) is 8.41. The van der Waals surface area contributed by atoms with E-state index in [-0.39, 0.29) is 18.4 Å². The molecule has 0 aliphatic rings. The van der Waals surface area contributed by atoms with Gasteiger partial charge in [-0.05, 0) is 0 Å². The molecule has 0 aliphatic carbocycles. The van der Waals surface area contributed by atoms with Crippen LogP contribution in [0.3, 0.4) is 0 Å². The van der Waals surface area contributed by atoms with Crippen molar-refractivity contribution in [3.8, 4) is 0 Å². The summed E-state index contributed by atoms with van der Waals surface area (Å²) in [6.45, 7) is 10.5. The Bertz CT molecular complexity index is 152. The highest BCUT2D eigenvalue weighted by Gasteiger charge is 2.16. The Morgan fingerprint density at radius 2 is 2.00 bits per heavy atom. The lowest BCUT2D eigenvalue weighted by Gasteiger charge is -2.10. The molecule has 0 aromatic carbocycles. The first-order valence-corrected chi connectivity index (χ1v) is 6.87. The maximum Gasteiger partial charge on any atom is 0.330 e. The first-order valence-electron chi connectivity index (χ1n) is 3.55. The second kappa shape index (κ2) is 6.45. The van der Waals surface area contributed by atoms with Crippen LogP contribution >= 0.6 is 7.26 Å². The number of halogens is 1. The molecule has 0 rings (SSSR count). The van der Waals surface area contributed by atoms with E-state index in [9.17, 15) is 4.79 Å². The van der Waals surface area contributed by atoms with Crippen LogP contribution in [0.5, 0.6) is 0 Å². The van der Waals surface area contributed by atoms with Crippen LogP contribution in [0.15, 0.2) is 12.7 Å². The minimum absolute atomic E-state index is 0. The molecule has 0 N–H and O–H groups in total. The van der Waals surface area contributed by atoms with E-state index in [0.717, 1.165) is 6.16 Å². The van der Waals surface area contributed by atoms with Gasteiger partial charge in [-0.3, -0.25) is 0 Å². The molecule has 12 heavy (non-hydrogen) atoms. The Morgan fingerprint density at radius 3 is 2.33 bits per heavy atom. The van der Waals surface area contributed by atoms with Crippen LogP contribution in [0.1, 0.15) is 0 Å². The molecule has 2 nitrogen and oxygen atoms in total. The highest BCUT2D eigenvalue weighted by atomic mass is 35.5. The summed E-state index contributed by atoms with van der Waals surface area (Å²) < 4.78 is 4.84. The van der Waals surface area contributed by atoms with Gasteiger partial charge in [0.2, 0.25) is 0 Å². The molecular weight excluding hydrogens is 195 g/mol. The van der Waals surface area contributed by atoms with Gasteiger partial charge in [-0.2, -0.15) is 0 Å². The van der Waals surface area contributed by atoms with Crippen molar-refractivity contribution in [1.82, 2.24) is 0 Å². The standard InChI is InChI=1S/C8H16O2P.ClH/c1-5-8(9)10-6-7-11(2,3)4;/h5H,1,6-7H2,2-4H3;1H/q+1;/p-1. The molecule has 0 aromatic heterocycles. The maximum absolute atomic E-state index is 10.6. The highest BCUT2D eigenvalue weighted by Crippen LogP contribution is 2.45. The summed E-state index contributed by atoms with van der Waals surface area (Å²) in [5.41, 5.74) is 0. The third-order valence-corrected chi connectivity index (χ3v) is 2.70. The minimum Gasteiger partial charge on any atom is -1.00 e. The molecular formula is C8H16ClO2P. The monoisotopic (exact) mass is 210 g/mol. The van der Waals surface area contributed by atoms with E-state index in [4.69, 9.17) is 4.74 Å². The largest absolute Gasteiger partial charge is 1.00 e. The van der Waals surface area contributed by atoms with Crippen LogP contribution in [0.4, 0.5) is 0 Å². The smallest absolute Gasteiger partial charge is 0.330 e. The number of hydrogen-bond acceptors (Lipinski definition) is 2. The summed E-state index contributed by atoms with van der Waals surface area (Å²) in [5.74, 6) is -0.321. The minimum atomic E-state index is -0.794. The van der Waals surface area contributed by atoms with Gasteiger partial charge in [-0.25, -0.2) is 4.79 Å². The van der Waals surface area contributed by atoms with Crippen molar-refractivity contribution >= 4 is 13.2 Å². The van der Waals surface area contributed by atoms with Gasteiger partial charge in [0.05, 0.1) is 6.16 Å². The molecule has 0 radical (unpaired) electrons. The van der Waals surface area contributed by atoms with Crippen LogP contribution in [0, 0.1) is 0 Å². The summed E-state index contributed by atoms with van der Waals surface area (Å²) in [7, 11) is -0.794. The van der Waals surface area contributed by atoms with Gasteiger partial charge in [0.15, 0.2) is 0 Å². The van der Waals surface area contributed by atoms with E-state index in [1.807, 2.05) is 0 Å². The Hall–Kier alpha value is -0.0700. The molecule has 0 bridgehead atoms. The summed E-state index contributed by atoms with van der Waals surface area (Å²) in [5, 5.41) is 0. The van der Waals surface area contributed by atoms with Crippen LogP contribution in [0.25, 0.3) is 0 Å². The van der Waals surface area contributed by atoms with E-state index >= 15 is 0 Å². The normalized spacial score (nSPS) is 9.92. The average molecular weight is 211 g/mol. The number of ether oxygens (including phenoxy) is 1. The van der Waals surface area contributed by atoms with E-state index in [2.05, 4.69) is 26.6 Å². The van der Waals surface area contributed by atoms with Crippen LogP contribution in [-0.2, 0) is 9.53 Å². The topological polar surface area (TPSA) is 26.3 Å². The van der Waals surface area contributed by atoms with Gasteiger partial charge in [-0.1, -0.05) is 6.58 Å². The Morgan fingerprint density at radius 1 is 1.50 bits per heavy atom. The highest BCUT2D eigenvalue weighted by molar-refractivity contribution is 7.73. The zero-order valence-electron chi connectivity index (χ0n) is 7.84. The molecule has 0 fully saturated rings. The first-order chi connectivity index (χ1) is 4.95. The van der Waals surface area contributed by atoms with Crippen LogP contribution in [-0.4, -0.2) is 38.7 Å². The van der Waals surface area contributed by atoms with Crippen molar-refractivity contribution in [3.63, 3.8) is 0 Å². The summed E-state index contributed by atoms with van der Waals surface area (Å²) in [6.07, 6.45) is 2.19. The Balaban J connectivity index is 0. The Labute approximate surface area is 81.1 Å². The second-order valence-electron chi connectivity index (χ2n) is 3.39. The average Bonchev–Trinajstić information content (AvgIpc) is 1.85. The first kappa shape index (κ1) is 14.5. The number of carbonyl (C=O) groups excluding carboxylic acids is 1. The number of carbonyl (C=O) groups is 1. The van der Waals surface area contributed by atoms with Gasteiger partial charge < -0.3 is 17.1 Å². The third kappa shape index (κ3) is 9.93. The molecule has 0 heterocycles. The predicted molar refractivity (Wildman–Crippen MR) is 50.7 cm³/mol. The third-order valence-electron chi connectivity index (χ3n) is 1.17. The molecule has 0 aromatic rings. The molecule has 4 heteroatoms. The lowest BCUT2D eigenvalue weighted by Crippen LogP contribution is -3.00. The molecule has 0 aliphatic heterocycles. The van der Waals surface area contributed by atoms with Crippen molar-refractivity contribution < 1.29 is 21.9 Å².